The molecule has 1 aromatic heterocycles. The fourth-order valence-electron chi connectivity index (χ4n) is 3.32. The van der Waals surface area contributed by atoms with E-state index >= 15 is 0 Å². The van der Waals surface area contributed by atoms with Crippen LogP contribution in [-0.4, -0.2) is 17.4 Å². The second-order valence-corrected chi connectivity index (χ2v) is 7.06. The van der Waals surface area contributed by atoms with Crippen molar-refractivity contribution in [3.8, 4) is 17.4 Å². The third-order valence-electron chi connectivity index (χ3n) is 4.81. The predicted molar refractivity (Wildman–Crippen MR) is 108 cm³/mol. The summed E-state index contributed by atoms with van der Waals surface area (Å²) in [4.78, 5) is 14.5. The standard InChI is InChI=1S/C23H17ClN2O2/c24-20-7-5-17(6-8-20)22-10-9-21(28-22)13-19(14-25)23(27)26-12-11-16-3-1-2-4-18(16)15-26/h1-10,13H,11-12,15H2. The molecular formula is C23H17ClN2O2. The molecule has 0 N–H and O–H groups in total. The van der Waals surface area contributed by atoms with E-state index in [1.165, 1.54) is 11.6 Å². The summed E-state index contributed by atoms with van der Waals surface area (Å²) in [6.45, 7) is 1.12. The molecule has 0 fully saturated rings. The molecule has 28 heavy (non-hydrogen) atoms. The molecule has 0 saturated carbocycles. The molecule has 0 radical (unpaired) electrons. The molecule has 138 valence electrons. The van der Waals surface area contributed by atoms with Crippen molar-refractivity contribution in [3.63, 3.8) is 0 Å². The minimum absolute atomic E-state index is 0.0661. The molecule has 0 bridgehead atoms. The van der Waals surface area contributed by atoms with Gasteiger partial charge in [0.15, 0.2) is 0 Å². The number of benzene rings is 2. The lowest BCUT2D eigenvalue weighted by Crippen LogP contribution is -2.36. The van der Waals surface area contributed by atoms with Crippen LogP contribution >= 0.6 is 11.6 Å². The first-order valence-corrected chi connectivity index (χ1v) is 9.35. The Hall–Kier alpha value is -3.29. The highest BCUT2D eigenvalue weighted by Gasteiger charge is 2.23. The summed E-state index contributed by atoms with van der Waals surface area (Å²) in [5, 5.41) is 10.2. The fraction of sp³-hybridized carbons (Fsp3) is 0.130. The number of nitrogens with zero attached hydrogens (tertiary/aromatic N) is 2. The molecule has 0 unspecified atom stereocenters. The van der Waals surface area contributed by atoms with E-state index < -0.39 is 0 Å². The van der Waals surface area contributed by atoms with E-state index in [1.807, 2.05) is 42.5 Å². The van der Waals surface area contributed by atoms with E-state index in [9.17, 15) is 10.1 Å². The number of carbonyl (C=O) groups excluding carboxylic acids is 1. The van der Waals surface area contributed by atoms with Crippen molar-refractivity contribution < 1.29 is 9.21 Å². The molecule has 0 spiro atoms. The van der Waals surface area contributed by atoms with Crippen LogP contribution in [0.15, 0.2) is 70.7 Å². The minimum Gasteiger partial charge on any atom is -0.457 e. The van der Waals surface area contributed by atoms with Crippen molar-refractivity contribution >= 4 is 23.6 Å². The van der Waals surface area contributed by atoms with Gasteiger partial charge in [0.1, 0.15) is 23.2 Å². The van der Waals surface area contributed by atoms with Gasteiger partial charge in [0.05, 0.1) is 0 Å². The number of carbonyl (C=O) groups is 1. The van der Waals surface area contributed by atoms with Crippen LogP contribution in [0.4, 0.5) is 0 Å². The second kappa shape index (κ2) is 7.75. The van der Waals surface area contributed by atoms with Gasteiger partial charge in [-0.05, 0) is 53.9 Å². The van der Waals surface area contributed by atoms with E-state index in [2.05, 4.69) is 6.07 Å². The maximum atomic E-state index is 12.8. The summed E-state index contributed by atoms with van der Waals surface area (Å²) >= 11 is 5.91. The third kappa shape index (κ3) is 3.71. The van der Waals surface area contributed by atoms with Crippen LogP contribution in [0.1, 0.15) is 16.9 Å². The molecule has 0 aliphatic carbocycles. The molecule has 1 amide bonds. The van der Waals surface area contributed by atoms with Crippen molar-refractivity contribution in [1.29, 1.82) is 5.26 Å². The summed E-state index contributed by atoms with van der Waals surface area (Å²) in [5.74, 6) is 0.841. The lowest BCUT2D eigenvalue weighted by atomic mass is 9.99. The number of furan rings is 1. The van der Waals surface area contributed by atoms with Crippen molar-refractivity contribution in [3.05, 3.63) is 88.1 Å². The van der Waals surface area contributed by atoms with Gasteiger partial charge in [0.25, 0.3) is 5.91 Å². The van der Waals surface area contributed by atoms with Gasteiger partial charge in [-0.3, -0.25) is 4.79 Å². The Bertz CT molecular complexity index is 1090. The zero-order chi connectivity index (χ0) is 19.5. The molecule has 4 rings (SSSR count). The first-order chi connectivity index (χ1) is 13.6. The SMILES string of the molecule is N#CC(=Cc1ccc(-c2ccc(Cl)cc2)o1)C(=O)N1CCc2ccccc2C1. The molecule has 0 atom stereocenters. The first kappa shape index (κ1) is 18.1. The number of hydrogen-bond donors (Lipinski definition) is 0. The van der Waals surface area contributed by atoms with Gasteiger partial charge in [-0.15, -0.1) is 0 Å². The summed E-state index contributed by atoms with van der Waals surface area (Å²) in [6, 6.07) is 20.9. The Balaban J connectivity index is 1.54. The highest BCUT2D eigenvalue weighted by atomic mass is 35.5. The van der Waals surface area contributed by atoms with Gasteiger partial charge in [0, 0.05) is 29.8 Å². The van der Waals surface area contributed by atoms with Crippen LogP contribution in [0.25, 0.3) is 17.4 Å². The van der Waals surface area contributed by atoms with Crippen molar-refractivity contribution in [2.45, 2.75) is 13.0 Å². The molecule has 4 nitrogen and oxygen atoms in total. The summed E-state index contributed by atoms with van der Waals surface area (Å²) in [7, 11) is 0. The minimum atomic E-state index is -0.276. The van der Waals surface area contributed by atoms with Crippen LogP contribution in [0.5, 0.6) is 0 Å². The Labute approximate surface area is 168 Å². The van der Waals surface area contributed by atoms with Crippen molar-refractivity contribution in [1.82, 2.24) is 4.90 Å². The topological polar surface area (TPSA) is 57.2 Å². The molecule has 5 heteroatoms. The third-order valence-corrected chi connectivity index (χ3v) is 5.06. The Morgan fingerprint density at radius 1 is 1.07 bits per heavy atom. The van der Waals surface area contributed by atoms with E-state index in [1.54, 1.807) is 23.1 Å². The van der Waals surface area contributed by atoms with Crippen molar-refractivity contribution in [2.75, 3.05) is 6.54 Å². The summed E-state index contributed by atoms with van der Waals surface area (Å²) < 4.78 is 5.79. The first-order valence-electron chi connectivity index (χ1n) is 8.97. The fourth-order valence-corrected chi connectivity index (χ4v) is 3.45. The van der Waals surface area contributed by atoms with Gasteiger partial charge >= 0.3 is 0 Å². The lowest BCUT2D eigenvalue weighted by molar-refractivity contribution is -0.127. The zero-order valence-corrected chi connectivity index (χ0v) is 15.8. The summed E-state index contributed by atoms with van der Waals surface area (Å²) in [6.07, 6.45) is 2.30. The number of nitriles is 1. The number of rotatable bonds is 3. The van der Waals surface area contributed by atoms with Crippen LogP contribution in [-0.2, 0) is 17.8 Å². The van der Waals surface area contributed by atoms with Gasteiger partial charge in [-0.25, -0.2) is 0 Å². The highest BCUT2D eigenvalue weighted by Crippen LogP contribution is 2.26. The monoisotopic (exact) mass is 388 g/mol. The maximum Gasteiger partial charge on any atom is 0.264 e. The predicted octanol–water partition coefficient (Wildman–Crippen LogP) is 5.09. The Morgan fingerprint density at radius 3 is 2.57 bits per heavy atom. The normalized spacial score (nSPS) is 13.7. The second-order valence-electron chi connectivity index (χ2n) is 6.62. The average Bonchev–Trinajstić information content (AvgIpc) is 3.20. The zero-order valence-electron chi connectivity index (χ0n) is 15.1. The smallest absolute Gasteiger partial charge is 0.264 e. The average molecular weight is 389 g/mol. The van der Waals surface area contributed by atoms with Crippen LogP contribution < -0.4 is 0 Å². The molecule has 0 saturated heterocycles. The van der Waals surface area contributed by atoms with Gasteiger partial charge in [0.2, 0.25) is 0 Å². The van der Waals surface area contributed by atoms with Crippen LogP contribution in [0, 0.1) is 11.3 Å². The van der Waals surface area contributed by atoms with Gasteiger partial charge in [-0.2, -0.15) is 5.26 Å². The lowest BCUT2D eigenvalue weighted by Gasteiger charge is -2.28. The Kier molecular flexibility index (Phi) is 5.01. The summed E-state index contributed by atoms with van der Waals surface area (Å²) in [5.41, 5.74) is 3.33. The van der Waals surface area contributed by atoms with Crippen molar-refractivity contribution in [2.24, 2.45) is 0 Å². The molecule has 3 aromatic rings. The van der Waals surface area contributed by atoms with E-state index in [-0.39, 0.29) is 11.5 Å². The number of amides is 1. The van der Waals surface area contributed by atoms with Crippen LogP contribution in [0.3, 0.4) is 0 Å². The largest absolute Gasteiger partial charge is 0.457 e. The molecular weight excluding hydrogens is 372 g/mol. The Morgan fingerprint density at radius 2 is 1.82 bits per heavy atom. The van der Waals surface area contributed by atoms with E-state index in [4.69, 9.17) is 16.0 Å². The van der Waals surface area contributed by atoms with Crippen LogP contribution in [0.2, 0.25) is 5.02 Å². The molecule has 1 aliphatic heterocycles. The highest BCUT2D eigenvalue weighted by molar-refractivity contribution is 6.30. The quantitative estimate of drug-likeness (QED) is 0.463. The van der Waals surface area contributed by atoms with E-state index in [0.717, 1.165) is 17.5 Å². The molecule has 1 aliphatic rings. The molecule has 2 heterocycles. The van der Waals surface area contributed by atoms with Gasteiger partial charge in [-0.1, -0.05) is 35.9 Å². The molecule has 2 aromatic carbocycles. The maximum absolute atomic E-state index is 12.8. The van der Waals surface area contributed by atoms with Gasteiger partial charge < -0.3 is 9.32 Å². The van der Waals surface area contributed by atoms with E-state index in [0.29, 0.717) is 29.6 Å². The number of fused-ring (bicyclic) bond motifs is 1. The number of hydrogen-bond acceptors (Lipinski definition) is 3. The number of halogens is 1.